The third kappa shape index (κ3) is 4.01. The van der Waals surface area contributed by atoms with Gasteiger partial charge in [0.25, 0.3) is 0 Å². The molecule has 4 heterocycles. The van der Waals surface area contributed by atoms with E-state index in [9.17, 15) is 9.59 Å². The van der Waals surface area contributed by atoms with Crippen molar-refractivity contribution in [1.29, 1.82) is 0 Å². The molecule has 0 spiro atoms. The first-order valence-corrected chi connectivity index (χ1v) is 9.89. The number of hydrogen-bond donors (Lipinski definition) is 1. The average Bonchev–Trinajstić information content (AvgIpc) is 3.26. The second-order valence-corrected chi connectivity index (χ2v) is 7.48. The zero-order valence-electron chi connectivity index (χ0n) is 16.4. The number of pyridine rings is 1. The van der Waals surface area contributed by atoms with Gasteiger partial charge in [-0.15, -0.1) is 0 Å². The molecule has 0 saturated carbocycles. The number of amides is 1. The Bertz CT molecular complexity index is 1050. The van der Waals surface area contributed by atoms with Crippen molar-refractivity contribution in [3.63, 3.8) is 0 Å². The summed E-state index contributed by atoms with van der Waals surface area (Å²) in [4.78, 5) is 29.8. The van der Waals surface area contributed by atoms with Gasteiger partial charge in [0, 0.05) is 42.7 Å². The molecule has 0 fully saturated rings. The third-order valence-electron chi connectivity index (χ3n) is 5.39. The Labute approximate surface area is 168 Å². The van der Waals surface area contributed by atoms with E-state index in [1.807, 2.05) is 24.0 Å². The van der Waals surface area contributed by atoms with Gasteiger partial charge in [-0.1, -0.05) is 5.16 Å². The number of unbranched alkanes of at least 4 members (excludes halogenated alkanes) is 1. The van der Waals surface area contributed by atoms with Gasteiger partial charge >= 0.3 is 5.97 Å². The van der Waals surface area contributed by atoms with Crippen LogP contribution in [-0.2, 0) is 29.1 Å². The Balaban J connectivity index is 1.56. The smallest absolute Gasteiger partial charge is 0.303 e. The minimum atomic E-state index is -0.819. The Morgan fingerprint density at radius 2 is 2.10 bits per heavy atom. The fourth-order valence-electron chi connectivity index (χ4n) is 4.01. The van der Waals surface area contributed by atoms with E-state index in [2.05, 4.69) is 20.8 Å². The van der Waals surface area contributed by atoms with Crippen LogP contribution in [0.1, 0.15) is 48.4 Å². The maximum absolute atomic E-state index is 12.7. The maximum atomic E-state index is 12.7. The molecule has 1 aliphatic rings. The van der Waals surface area contributed by atoms with E-state index >= 15 is 0 Å². The van der Waals surface area contributed by atoms with Gasteiger partial charge in [0.05, 0.1) is 13.1 Å². The van der Waals surface area contributed by atoms with Gasteiger partial charge in [-0.2, -0.15) is 0 Å². The molecule has 0 atom stereocenters. The molecule has 0 saturated heterocycles. The third-order valence-corrected chi connectivity index (χ3v) is 5.39. The number of carbonyl (C=O) groups excluding carboxylic acids is 1. The summed E-state index contributed by atoms with van der Waals surface area (Å²) in [6.45, 7) is 3.60. The molecular formula is C21H24N4O4. The summed E-state index contributed by atoms with van der Waals surface area (Å²) in [5.41, 5.74) is 4.05. The molecule has 4 rings (SSSR count). The van der Waals surface area contributed by atoms with Gasteiger partial charge in [0.2, 0.25) is 5.91 Å². The number of carbonyl (C=O) groups is 2. The minimum Gasteiger partial charge on any atom is -0.481 e. The standard InChI is InChI=1S/C21H24N4O4/c1-14-11-15(23-29-14)12-25-18-13-24(19(26)6-2-3-7-20(27)28)10-8-16(18)17-5-4-9-22-21(17)25/h4-5,9,11H,2-3,6-8,10,12-13H2,1H3,(H,27,28). The van der Waals surface area contributed by atoms with Gasteiger partial charge < -0.3 is 19.1 Å². The number of rotatable bonds is 7. The largest absolute Gasteiger partial charge is 0.481 e. The van der Waals surface area contributed by atoms with E-state index < -0.39 is 5.97 Å². The highest BCUT2D eigenvalue weighted by molar-refractivity contribution is 5.84. The van der Waals surface area contributed by atoms with Gasteiger partial charge in [0.1, 0.15) is 17.1 Å². The lowest BCUT2D eigenvalue weighted by Crippen LogP contribution is -2.36. The van der Waals surface area contributed by atoms with E-state index in [0.29, 0.717) is 38.9 Å². The summed E-state index contributed by atoms with van der Waals surface area (Å²) in [6.07, 6.45) is 4.16. The normalized spacial score (nSPS) is 13.6. The number of fused-ring (bicyclic) bond motifs is 3. The van der Waals surface area contributed by atoms with Crippen LogP contribution in [0, 0.1) is 6.92 Å². The summed E-state index contributed by atoms with van der Waals surface area (Å²) in [6, 6.07) is 5.93. The molecule has 8 nitrogen and oxygen atoms in total. The Kier molecular flexibility index (Phi) is 5.33. The van der Waals surface area contributed by atoms with Crippen LogP contribution in [0.25, 0.3) is 11.0 Å². The Morgan fingerprint density at radius 3 is 2.86 bits per heavy atom. The molecule has 152 valence electrons. The zero-order chi connectivity index (χ0) is 20.4. The van der Waals surface area contributed by atoms with Crippen molar-refractivity contribution in [2.24, 2.45) is 0 Å². The lowest BCUT2D eigenvalue weighted by molar-refractivity contribution is -0.137. The molecule has 0 aromatic carbocycles. The monoisotopic (exact) mass is 396 g/mol. The highest BCUT2D eigenvalue weighted by Crippen LogP contribution is 2.30. The predicted molar refractivity (Wildman–Crippen MR) is 105 cm³/mol. The second-order valence-electron chi connectivity index (χ2n) is 7.48. The molecule has 0 unspecified atom stereocenters. The van der Waals surface area contributed by atoms with E-state index in [0.717, 1.165) is 34.6 Å². The zero-order valence-corrected chi connectivity index (χ0v) is 16.4. The van der Waals surface area contributed by atoms with Crippen molar-refractivity contribution in [2.75, 3.05) is 6.54 Å². The van der Waals surface area contributed by atoms with Crippen molar-refractivity contribution < 1.29 is 19.2 Å². The first-order chi connectivity index (χ1) is 14.0. The lowest BCUT2D eigenvalue weighted by atomic mass is 10.0. The number of aliphatic carboxylic acids is 1. The first kappa shape index (κ1) is 19.2. The van der Waals surface area contributed by atoms with E-state index in [4.69, 9.17) is 9.63 Å². The highest BCUT2D eigenvalue weighted by atomic mass is 16.5. The van der Waals surface area contributed by atoms with Crippen LogP contribution in [0.15, 0.2) is 28.9 Å². The number of hydrogen-bond acceptors (Lipinski definition) is 5. The lowest BCUT2D eigenvalue weighted by Gasteiger charge is -2.28. The summed E-state index contributed by atoms with van der Waals surface area (Å²) < 4.78 is 7.34. The van der Waals surface area contributed by atoms with Crippen LogP contribution in [0.4, 0.5) is 0 Å². The minimum absolute atomic E-state index is 0.0723. The average molecular weight is 396 g/mol. The van der Waals surface area contributed by atoms with Gasteiger partial charge in [-0.25, -0.2) is 4.98 Å². The summed E-state index contributed by atoms with van der Waals surface area (Å²) in [5.74, 6) is 0.0136. The van der Waals surface area contributed by atoms with Gasteiger partial charge in [-0.3, -0.25) is 9.59 Å². The first-order valence-electron chi connectivity index (χ1n) is 9.89. The topological polar surface area (TPSA) is 101 Å². The number of carboxylic acids is 1. The highest BCUT2D eigenvalue weighted by Gasteiger charge is 2.27. The second kappa shape index (κ2) is 8.06. The van der Waals surface area contributed by atoms with E-state index in [-0.39, 0.29) is 12.3 Å². The van der Waals surface area contributed by atoms with E-state index in [1.54, 1.807) is 6.20 Å². The van der Waals surface area contributed by atoms with Crippen LogP contribution in [0.2, 0.25) is 0 Å². The molecular weight excluding hydrogens is 372 g/mol. The molecule has 1 aliphatic heterocycles. The molecule has 1 amide bonds. The van der Waals surface area contributed by atoms with Crippen LogP contribution in [0.5, 0.6) is 0 Å². The molecule has 3 aromatic heterocycles. The van der Waals surface area contributed by atoms with Crippen LogP contribution in [0.3, 0.4) is 0 Å². The summed E-state index contributed by atoms with van der Waals surface area (Å²) in [5, 5.41) is 14.0. The van der Waals surface area contributed by atoms with Crippen LogP contribution < -0.4 is 0 Å². The maximum Gasteiger partial charge on any atom is 0.303 e. The van der Waals surface area contributed by atoms with Crippen LogP contribution >= 0.6 is 0 Å². The molecule has 0 aliphatic carbocycles. The van der Waals surface area contributed by atoms with Crippen molar-refractivity contribution >= 4 is 22.9 Å². The van der Waals surface area contributed by atoms with Crippen LogP contribution in [-0.4, -0.2) is 43.1 Å². The quantitative estimate of drug-likeness (QED) is 0.616. The number of aryl methyl sites for hydroxylation is 1. The molecule has 8 heteroatoms. The molecule has 0 radical (unpaired) electrons. The Hall–Kier alpha value is -3.16. The SMILES string of the molecule is Cc1cc(Cn2c3c(c4cccnc42)CCN(C(=O)CCCCC(=O)O)C3)no1. The van der Waals surface area contributed by atoms with Gasteiger partial charge in [0.15, 0.2) is 0 Å². The van der Waals surface area contributed by atoms with Gasteiger partial charge in [-0.05, 0) is 43.9 Å². The number of carboxylic acid groups (broad SMARTS) is 1. The number of nitrogens with zero attached hydrogens (tertiary/aromatic N) is 4. The van der Waals surface area contributed by atoms with Crippen molar-refractivity contribution in [3.05, 3.63) is 47.1 Å². The van der Waals surface area contributed by atoms with Crippen molar-refractivity contribution in [1.82, 2.24) is 19.6 Å². The molecule has 0 bridgehead atoms. The molecule has 3 aromatic rings. The Morgan fingerprint density at radius 1 is 1.28 bits per heavy atom. The summed E-state index contributed by atoms with van der Waals surface area (Å²) >= 11 is 0. The predicted octanol–water partition coefficient (Wildman–Crippen LogP) is 2.91. The fraction of sp³-hybridized carbons (Fsp3) is 0.429. The van der Waals surface area contributed by atoms with Crippen molar-refractivity contribution in [3.8, 4) is 0 Å². The molecule has 1 N–H and O–H groups in total. The van der Waals surface area contributed by atoms with Crippen molar-refractivity contribution in [2.45, 2.75) is 52.1 Å². The fourth-order valence-corrected chi connectivity index (χ4v) is 4.01. The summed E-state index contributed by atoms with van der Waals surface area (Å²) in [7, 11) is 0. The molecule has 29 heavy (non-hydrogen) atoms. The van der Waals surface area contributed by atoms with E-state index in [1.165, 1.54) is 5.56 Å². The number of aromatic nitrogens is 3.